The van der Waals surface area contributed by atoms with Crippen molar-refractivity contribution in [2.24, 2.45) is 5.11 Å². The minimum Gasteiger partial charge on any atom is -0.399 e. The van der Waals surface area contributed by atoms with Crippen LogP contribution in [-0.2, 0) is 45.2 Å². The molecule has 0 radical (unpaired) electrons. The number of carbonyl (C=O) groups is 2. The van der Waals surface area contributed by atoms with Crippen molar-refractivity contribution in [3.8, 4) is 11.3 Å². The summed E-state index contributed by atoms with van der Waals surface area (Å²) >= 11 is 0. The lowest BCUT2D eigenvalue weighted by molar-refractivity contribution is -0.659. The first kappa shape index (κ1) is 43.9. The van der Waals surface area contributed by atoms with Crippen LogP contribution in [0.1, 0.15) is 39.0 Å². The Labute approximate surface area is 327 Å². The van der Waals surface area contributed by atoms with E-state index in [-0.39, 0.29) is 31.4 Å². The van der Waals surface area contributed by atoms with Crippen LogP contribution in [0.15, 0.2) is 71.8 Å². The van der Waals surface area contributed by atoms with Gasteiger partial charge >= 0.3 is 0 Å². The number of benzene rings is 3. The van der Waals surface area contributed by atoms with Gasteiger partial charge < -0.3 is 35.3 Å². The highest BCUT2D eigenvalue weighted by Crippen LogP contribution is 2.34. The van der Waals surface area contributed by atoms with Gasteiger partial charge in [-0.1, -0.05) is 35.4 Å². The summed E-state index contributed by atoms with van der Waals surface area (Å²) in [7, 11) is -4.15. The van der Waals surface area contributed by atoms with Crippen LogP contribution in [-0.4, -0.2) is 96.0 Å². The molecule has 0 fully saturated rings. The predicted molar refractivity (Wildman–Crippen MR) is 214 cm³/mol. The highest BCUT2D eigenvalue weighted by Gasteiger charge is 2.24. The molecule has 0 aliphatic heterocycles. The molecule has 0 bridgehead atoms. The first-order valence-electron chi connectivity index (χ1n) is 18.7. The van der Waals surface area contributed by atoms with Crippen molar-refractivity contribution in [2.75, 3.05) is 70.9 Å². The average Bonchev–Trinajstić information content (AvgIpc) is 3.15. The number of ether oxygens (including phenoxy) is 4. The molecular formula is C39H52N7O9S+. The number of aryl methyl sites for hydroxylation is 1. The van der Waals surface area contributed by atoms with E-state index in [2.05, 4.69) is 37.4 Å². The Hall–Kier alpha value is -4.87. The second-order valence-electron chi connectivity index (χ2n) is 13.1. The van der Waals surface area contributed by atoms with Crippen LogP contribution in [0, 0.1) is 0 Å². The van der Waals surface area contributed by atoms with E-state index in [9.17, 15) is 18.0 Å². The Morgan fingerprint density at radius 3 is 2.16 bits per heavy atom. The third-order valence-electron chi connectivity index (χ3n) is 8.65. The number of fused-ring (bicyclic) bond motifs is 3. The summed E-state index contributed by atoms with van der Waals surface area (Å²) in [6.45, 7) is 5.24. The molecule has 4 rings (SSSR count). The molecule has 0 spiro atoms. The summed E-state index contributed by atoms with van der Waals surface area (Å²) < 4.78 is 54.5. The zero-order valence-corrected chi connectivity index (χ0v) is 32.5. The minimum atomic E-state index is -4.15. The quantitative estimate of drug-likeness (QED) is 0.00972. The third kappa shape index (κ3) is 15.0. The van der Waals surface area contributed by atoms with E-state index in [4.69, 9.17) is 34.8 Å². The lowest BCUT2D eigenvalue weighted by atomic mass is 9.98. The number of hydrogen-bond donors (Lipinski definition) is 4. The summed E-state index contributed by atoms with van der Waals surface area (Å²) in [4.78, 5) is 27.2. The van der Waals surface area contributed by atoms with Gasteiger partial charge in [0.1, 0.15) is 6.54 Å². The molecule has 17 heteroatoms. The zero-order chi connectivity index (χ0) is 40.2. The standard InChI is InChI=1S/C39H51N7O9S/c1-29(28-56(49,50)51)43-38(48)15-18-52-20-22-54-24-25-55-23-21-53-19-16-42-37(47)10-6-3-7-17-46-36-27-32(44-45-41)12-14-34(36)33-13-11-31(40)26-35(33)39(46)30-8-4-2-5-9-30/h2,4-5,8-9,11-14,26-27,29H,3,6-7,10,15-25,28,40H2,1H3,(H2-,42,43,47,48,49,50,51)/p+1/t29-/m1/s1. The van der Waals surface area contributed by atoms with Crippen LogP contribution in [0.2, 0.25) is 0 Å². The highest BCUT2D eigenvalue weighted by molar-refractivity contribution is 7.85. The summed E-state index contributed by atoms with van der Waals surface area (Å²) in [6.07, 6.45) is 2.88. The van der Waals surface area contributed by atoms with Crippen molar-refractivity contribution in [3.05, 3.63) is 77.2 Å². The predicted octanol–water partition coefficient (Wildman–Crippen LogP) is 5.00. The fraction of sp³-hybridized carbons (Fsp3) is 0.462. The van der Waals surface area contributed by atoms with Gasteiger partial charge in [-0.05, 0) is 55.6 Å². The fourth-order valence-electron chi connectivity index (χ4n) is 6.20. The number of unbranched alkanes of at least 4 members (excludes halogenated alkanes) is 2. The number of rotatable bonds is 26. The van der Waals surface area contributed by atoms with Crippen molar-refractivity contribution in [3.63, 3.8) is 0 Å². The molecule has 0 unspecified atom stereocenters. The Kier molecular flexibility index (Phi) is 18.2. The van der Waals surface area contributed by atoms with E-state index in [0.717, 1.165) is 52.2 Å². The second kappa shape index (κ2) is 23.3. The molecule has 0 aliphatic rings. The maximum Gasteiger partial charge on any atom is 0.266 e. The van der Waals surface area contributed by atoms with Crippen LogP contribution in [0.3, 0.4) is 0 Å². The Morgan fingerprint density at radius 2 is 1.48 bits per heavy atom. The minimum absolute atomic E-state index is 0.0252. The van der Waals surface area contributed by atoms with Gasteiger partial charge in [0.15, 0.2) is 0 Å². The van der Waals surface area contributed by atoms with Crippen LogP contribution < -0.4 is 20.9 Å². The van der Waals surface area contributed by atoms with Crippen molar-refractivity contribution < 1.29 is 46.1 Å². The normalized spacial score (nSPS) is 12.0. The molecule has 1 aromatic heterocycles. The maximum atomic E-state index is 12.5. The topological polar surface area (TPSA) is 228 Å². The van der Waals surface area contributed by atoms with Crippen molar-refractivity contribution >= 4 is 55.0 Å². The monoisotopic (exact) mass is 794 g/mol. The number of azide groups is 1. The fourth-order valence-corrected chi connectivity index (χ4v) is 6.91. The van der Waals surface area contributed by atoms with Gasteiger partial charge in [-0.3, -0.25) is 14.1 Å². The third-order valence-corrected chi connectivity index (χ3v) is 9.57. The zero-order valence-electron chi connectivity index (χ0n) is 31.7. The smallest absolute Gasteiger partial charge is 0.266 e. The number of nitrogens with zero attached hydrogens (tertiary/aromatic N) is 4. The molecule has 16 nitrogen and oxygen atoms in total. The van der Waals surface area contributed by atoms with E-state index in [1.165, 1.54) is 6.92 Å². The van der Waals surface area contributed by atoms with Crippen molar-refractivity contribution in [1.29, 1.82) is 0 Å². The van der Waals surface area contributed by atoms with Gasteiger partial charge in [-0.25, -0.2) is 0 Å². The number of anilines is 1. The molecule has 1 heterocycles. The van der Waals surface area contributed by atoms with Crippen LogP contribution in [0.5, 0.6) is 0 Å². The lowest BCUT2D eigenvalue weighted by Crippen LogP contribution is -2.37. The average molecular weight is 795 g/mol. The Balaban J connectivity index is 1.08. The van der Waals surface area contributed by atoms with Gasteiger partial charge in [0, 0.05) is 65.2 Å². The summed E-state index contributed by atoms with van der Waals surface area (Å²) in [6, 6.07) is 21.1. The molecule has 3 aromatic carbocycles. The van der Waals surface area contributed by atoms with Gasteiger partial charge in [-0.15, -0.1) is 0 Å². The molecular weight excluding hydrogens is 743 g/mol. The molecule has 0 aliphatic carbocycles. The van der Waals surface area contributed by atoms with Gasteiger partial charge in [0.2, 0.25) is 23.0 Å². The largest absolute Gasteiger partial charge is 0.399 e. The molecule has 0 saturated heterocycles. The molecule has 56 heavy (non-hydrogen) atoms. The van der Waals surface area contributed by atoms with Crippen LogP contribution in [0.4, 0.5) is 11.4 Å². The lowest BCUT2D eigenvalue weighted by Gasteiger charge is -2.13. The van der Waals surface area contributed by atoms with E-state index < -0.39 is 21.9 Å². The number of nitrogen functional groups attached to an aromatic ring is 1. The molecule has 1 atom stereocenters. The Bertz CT molecular complexity index is 2050. The molecule has 302 valence electrons. The highest BCUT2D eigenvalue weighted by atomic mass is 32.2. The second-order valence-corrected chi connectivity index (χ2v) is 14.6. The van der Waals surface area contributed by atoms with Crippen LogP contribution >= 0.6 is 0 Å². The van der Waals surface area contributed by atoms with Crippen LogP contribution in [0.25, 0.3) is 43.4 Å². The number of hydrogen-bond acceptors (Lipinski definition) is 10. The first-order valence-corrected chi connectivity index (χ1v) is 20.3. The number of pyridine rings is 1. The molecule has 0 saturated carbocycles. The summed E-state index contributed by atoms with van der Waals surface area (Å²) in [5.41, 5.74) is 19.6. The maximum absolute atomic E-state index is 12.5. The molecule has 5 N–H and O–H groups in total. The van der Waals surface area contributed by atoms with Crippen molar-refractivity contribution in [1.82, 2.24) is 10.6 Å². The van der Waals surface area contributed by atoms with Crippen molar-refractivity contribution in [2.45, 2.75) is 51.6 Å². The summed E-state index contributed by atoms with van der Waals surface area (Å²) in [5.74, 6) is -0.943. The summed E-state index contributed by atoms with van der Waals surface area (Å²) in [5, 5.41) is 12.4. The number of nitrogens with two attached hydrogens (primary N) is 1. The number of amides is 2. The number of carbonyl (C=O) groups excluding carboxylic acids is 2. The van der Waals surface area contributed by atoms with Gasteiger partial charge in [0.25, 0.3) is 10.1 Å². The number of nitrogens with one attached hydrogen (secondary N) is 2. The van der Waals surface area contributed by atoms with Gasteiger partial charge in [-0.2, -0.15) is 13.0 Å². The van der Waals surface area contributed by atoms with E-state index in [0.29, 0.717) is 70.5 Å². The molecule has 2 amide bonds. The van der Waals surface area contributed by atoms with E-state index >= 15 is 0 Å². The van der Waals surface area contributed by atoms with E-state index in [1.807, 2.05) is 54.6 Å². The Morgan fingerprint density at radius 1 is 0.821 bits per heavy atom. The number of aromatic nitrogens is 1. The molecule has 4 aromatic rings. The van der Waals surface area contributed by atoms with Gasteiger partial charge in [0.05, 0.1) is 69.4 Å². The van der Waals surface area contributed by atoms with E-state index in [1.54, 1.807) is 0 Å². The first-order chi connectivity index (χ1) is 27.1. The SMILES string of the molecule is C[C@H](CS(=O)(=O)O)NC(=O)CCOCCOCCOCCOCCNC(=O)CCCCC[n+]1c(-c2ccccc2)c2cc(N)ccc2c2ccc(N=[N+]=[N-])cc21.